The molecule has 0 aromatic heterocycles. The fourth-order valence-electron chi connectivity index (χ4n) is 2.62. The second-order valence-electron chi connectivity index (χ2n) is 5.41. The molecule has 0 bridgehead atoms. The third-order valence-corrected chi connectivity index (χ3v) is 5.92. The minimum absolute atomic E-state index is 0.287. The zero-order valence-corrected chi connectivity index (χ0v) is 14.9. The van der Waals surface area contributed by atoms with Gasteiger partial charge in [0.25, 0.3) is 0 Å². The average molecular weight is 411 g/mol. The molecule has 0 aliphatic heterocycles. The van der Waals surface area contributed by atoms with Crippen molar-refractivity contribution in [1.82, 2.24) is 0 Å². The Kier molecular flexibility index (Phi) is 6.04. The van der Waals surface area contributed by atoms with E-state index in [0.29, 0.717) is 0 Å². The number of hydrogen-bond donors (Lipinski definition) is 0. The molecule has 1 aromatic carbocycles. The molecule has 1 aromatic rings. The van der Waals surface area contributed by atoms with Crippen LogP contribution in [0.3, 0.4) is 0 Å². The second kappa shape index (κ2) is 7.33. The summed E-state index contributed by atoms with van der Waals surface area (Å²) >= 11 is 13.1. The van der Waals surface area contributed by atoms with Gasteiger partial charge in [-0.05, 0) is 47.0 Å². The Morgan fingerprint density at radius 1 is 1.16 bits per heavy atom. The quantitative estimate of drug-likeness (QED) is 0.423. The van der Waals surface area contributed by atoms with E-state index >= 15 is 0 Å². The fraction of sp³-hybridized carbons (Fsp3) is 0.600. The molecule has 0 saturated heterocycles. The van der Waals surface area contributed by atoms with Gasteiger partial charge >= 0.3 is 0 Å². The monoisotopic (exact) mass is 408 g/mol. The molecule has 0 spiro atoms. The van der Waals surface area contributed by atoms with Gasteiger partial charge in [0.1, 0.15) is 5.75 Å². The van der Waals surface area contributed by atoms with Crippen molar-refractivity contribution in [3.63, 3.8) is 0 Å². The first-order valence-electron chi connectivity index (χ1n) is 6.79. The highest BCUT2D eigenvalue weighted by Crippen LogP contribution is 2.38. The third-order valence-electron chi connectivity index (χ3n) is 3.88. The summed E-state index contributed by atoms with van der Waals surface area (Å²) in [5.41, 5.74) is 0.287. The number of halogens is 3. The molecule has 0 amide bonds. The molecular weight excluding hydrogens is 391 g/mol. The number of ether oxygens (including phenoxy) is 1. The molecule has 0 radical (unpaired) electrons. The first-order chi connectivity index (χ1) is 9.15. The summed E-state index contributed by atoms with van der Waals surface area (Å²) in [5, 5.41) is 1.74. The first kappa shape index (κ1) is 15.7. The van der Waals surface area contributed by atoms with Gasteiger partial charge in [0.2, 0.25) is 0 Å². The number of hydrogen-bond acceptors (Lipinski definition) is 1. The summed E-state index contributed by atoms with van der Waals surface area (Å²) in [4.78, 5) is 0. The van der Waals surface area contributed by atoms with Crippen LogP contribution in [0.25, 0.3) is 0 Å². The molecule has 0 heterocycles. The van der Waals surface area contributed by atoms with Gasteiger partial charge in [-0.2, -0.15) is 0 Å². The van der Waals surface area contributed by atoms with Gasteiger partial charge in [0.15, 0.2) is 0 Å². The molecule has 1 aliphatic carbocycles. The molecular formula is C15H19Br2ClO. The molecule has 1 aliphatic rings. The van der Waals surface area contributed by atoms with E-state index in [1.165, 1.54) is 38.5 Å². The Morgan fingerprint density at radius 3 is 2.42 bits per heavy atom. The van der Waals surface area contributed by atoms with E-state index in [1.807, 2.05) is 18.2 Å². The molecule has 2 rings (SSSR count). The lowest BCUT2D eigenvalue weighted by atomic mass is 9.83. The van der Waals surface area contributed by atoms with Gasteiger partial charge < -0.3 is 4.74 Å². The summed E-state index contributed by atoms with van der Waals surface area (Å²) in [5.74, 6) is 0.883. The summed E-state index contributed by atoms with van der Waals surface area (Å²) in [6.45, 7) is 0.776. The highest BCUT2D eigenvalue weighted by atomic mass is 79.9. The maximum absolute atomic E-state index is 6.05. The smallest absolute Gasteiger partial charge is 0.133 e. The average Bonchev–Trinajstić information content (AvgIpc) is 2.64. The third kappa shape index (κ3) is 4.37. The lowest BCUT2D eigenvalue weighted by Gasteiger charge is -2.30. The van der Waals surface area contributed by atoms with E-state index in [1.54, 1.807) is 0 Å². The first-order valence-corrected chi connectivity index (χ1v) is 9.08. The SMILES string of the molecule is Clc1ccc(OCC2(CBr)CCCCCC2)c(Br)c1. The summed E-state index contributed by atoms with van der Waals surface area (Å²) in [6.07, 6.45) is 7.86. The van der Waals surface area contributed by atoms with Crippen molar-refractivity contribution in [2.45, 2.75) is 38.5 Å². The highest BCUT2D eigenvalue weighted by molar-refractivity contribution is 9.10. The van der Waals surface area contributed by atoms with Crippen LogP contribution >= 0.6 is 43.5 Å². The van der Waals surface area contributed by atoms with Gasteiger partial charge in [-0.3, -0.25) is 0 Å². The van der Waals surface area contributed by atoms with Crippen LogP contribution in [-0.4, -0.2) is 11.9 Å². The highest BCUT2D eigenvalue weighted by Gasteiger charge is 2.31. The van der Waals surface area contributed by atoms with Crippen LogP contribution in [0, 0.1) is 5.41 Å². The van der Waals surface area contributed by atoms with Crippen LogP contribution in [-0.2, 0) is 0 Å². The topological polar surface area (TPSA) is 9.23 Å². The standard InChI is InChI=1S/C15H19Br2ClO/c16-10-15(7-3-1-2-4-8-15)11-19-14-6-5-12(18)9-13(14)17/h5-6,9H,1-4,7-8,10-11H2. The van der Waals surface area contributed by atoms with Crippen LogP contribution in [0.5, 0.6) is 5.75 Å². The molecule has 19 heavy (non-hydrogen) atoms. The van der Waals surface area contributed by atoms with E-state index < -0.39 is 0 Å². The lowest BCUT2D eigenvalue weighted by Crippen LogP contribution is -2.30. The van der Waals surface area contributed by atoms with Gasteiger partial charge in [-0.1, -0.05) is 53.2 Å². The zero-order valence-electron chi connectivity index (χ0n) is 10.9. The van der Waals surface area contributed by atoms with Gasteiger partial charge in [0, 0.05) is 15.8 Å². The summed E-state index contributed by atoms with van der Waals surface area (Å²) in [7, 11) is 0. The lowest BCUT2D eigenvalue weighted by molar-refractivity contribution is 0.148. The molecule has 1 saturated carbocycles. The number of rotatable bonds is 4. The minimum Gasteiger partial charge on any atom is -0.492 e. The maximum Gasteiger partial charge on any atom is 0.133 e. The van der Waals surface area contributed by atoms with Gasteiger partial charge in [-0.25, -0.2) is 0 Å². The van der Waals surface area contributed by atoms with Crippen molar-refractivity contribution in [1.29, 1.82) is 0 Å². The zero-order chi connectivity index (χ0) is 13.7. The van der Waals surface area contributed by atoms with E-state index in [-0.39, 0.29) is 5.41 Å². The number of alkyl halides is 1. The Balaban J connectivity index is 2.02. The minimum atomic E-state index is 0.287. The van der Waals surface area contributed by atoms with Crippen molar-refractivity contribution in [2.75, 3.05) is 11.9 Å². The Morgan fingerprint density at radius 2 is 1.84 bits per heavy atom. The van der Waals surface area contributed by atoms with E-state index in [2.05, 4.69) is 31.9 Å². The fourth-order valence-corrected chi connectivity index (χ4v) is 4.14. The Bertz CT molecular complexity index is 415. The molecule has 106 valence electrons. The number of benzene rings is 1. The Labute approximate surface area is 137 Å². The molecule has 1 nitrogen and oxygen atoms in total. The molecule has 4 heteroatoms. The van der Waals surface area contributed by atoms with Crippen molar-refractivity contribution >= 4 is 43.5 Å². The second-order valence-corrected chi connectivity index (χ2v) is 7.26. The van der Waals surface area contributed by atoms with Crippen LogP contribution < -0.4 is 4.74 Å². The molecule has 0 atom stereocenters. The normalized spacial score (nSPS) is 18.9. The van der Waals surface area contributed by atoms with Crippen molar-refractivity contribution < 1.29 is 4.74 Å². The van der Waals surface area contributed by atoms with E-state index in [0.717, 1.165) is 27.2 Å². The van der Waals surface area contributed by atoms with Crippen LogP contribution in [0.4, 0.5) is 0 Å². The van der Waals surface area contributed by atoms with Crippen molar-refractivity contribution in [2.24, 2.45) is 5.41 Å². The Hall–Kier alpha value is 0.270. The van der Waals surface area contributed by atoms with Gasteiger partial charge in [-0.15, -0.1) is 0 Å². The van der Waals surface area contributed by atoms with Crippen LogP contribution in [0.1, 0.15) is 38.5 Å². The summed E-state index contributed by atoms with van der Waals surface area (Å²) in [6, 6.07) is 5.69. The van der Waals surface area contributed by atoms with E-state index in [4.69, 9.17) is 16.3 Å². The maximum atomic E-state index is 6.05. The predicted octanol–water partition coefficient (Wildman–Crippen LogP) is 6.22. The van der Waals surface area contributed by atoms with Crippen LogP contribution in [0.2, 0.25) is 5.02 Å². The van der Waals surface area contributed by atoms with E-state index in [9.17, 15) is 0 Å². The summed E-state index contributed by atoms with van der Waals surface area (Å²) < 4.78 is 6.97. The van der Waals surface area contributed by atoms with Crippen molar-refractivity contribution in [3.05, 3.63) is 27.7 Å². The predicted molar refractivity (Wildman–Crippen MR) is 88.6 cm³/mol. The largest absolute Gasteiger partial charge is 0.492 e. The molecule has 1 fully saturated rings. The molecule has 0 unspecified atom stereocenters. The van der Waals surface area contributed by atoms with Crippen LogP contribution in [0.15, 0.2) is 22.7 Å². The molecule has 0 N–H and O–H groups in total. The van der Waals surface area contributed by atoms with Crippen molar-refractivity contribution in [3.8, 4) is 5.75 Å². The van der Waals surface area contributed by atoms with Gasteiger partial charge in [0.05, 0.1) is 11.1 Å².